The Kier molecular flexibility index (Phi) is 3.51. The van der Waals surface area contributed by atoms with Crippen LogP contribution in [0.1, 0.15) is 40.9 Å². The molecular formula is C15H18N6S. The van der Waals surface area contributed by atoms with E-state index in [0.29, 0.717) is 0 Å². The Labute approximate surface area is 132 Å². The summed E-state index contributed by atoms with van der Waals surface area (Å²) in [5.74, 6) is 1.84. The molecule has 0 aromatic carbocycles. The predicted molar refractivity (Wildman–Crippen MR) is 85.0 cm³/mol. The van der Waals surface area contributed by atoms with Gasteiger partial charge in [0.05, 0.1) is 12.0 Å². The topological polar surface area (TPSA) is 71.4 Å². The molecule has 1 atom stereocenters. The molecule has 6 nitrogen and oxygen atoms in total. The highest BCUT2D eigenvalue weighted by molar-refractivity contribution is 7.09. The molecule has 4 heterocycles. The van der Waals surface area contributed by atoms with Crippen LogP contribution in [0.3, 0.4) is 0 Å². The minimum absolute atomic E-state index is 0.0273. The van der Waals surface area contributed by atoms with Gasteiger partial charge in [0.1, 0.15) is 6.04 Å². The van der Waals surface area contributed by atoms with E-state index in [9.17, 15) is 0 Å². The fourth-order valence-corrected chi connectivity index (χ4v) is 3.63. The van der Waals surface area contributed by atoms with Gasteiger partial charge in [-0.25, -0.2) is 14.6 Å². The number of nitrogens with zero attached hydrogens (tertiary/aromatic N) is 4. The lowest BCUT2D eigenvalue weighted by atomic mass is 10.1. The zero-order valence-electron chi connectivity index (χ0n) is 12.4. The monoisotopic (exact) mass is 314 g/mol. The van der Waals surface area contributed by atoms with Crippen LogP contribution >= 0.6 is 11.3 Å². The molecule has 0 spiro atoms. The van der Waals surface area contributed by atoms with E-state index in [0.717, 1.165) is 43.3 Å². The van der Waals surface area contributed by atoms with E-state index in [1.165, 1.54) is 10.6 Å². The van der Waals surface area contributed by atoms with Crippen LogP contribution in [0.4, 0.5) is 0 Å². The van der Waals surface area contributed by atoms with Gasteiger partial charge in [-0.1, -0.05) is 6.07 Å². The number of imidazole rings is 1. The molecule has 0 unspecified atom stereocenters. The molecule has 22 heavy (non-hydrogen) atoms. The molecule has 0 saturated carbocycles. The number of hydrogen-bond donors (Lipinski definition) is 2. The third kappa shape index (κ3) is 2.36. The van der Waals surface area contributed by atoms with Crippen molar-refractivity contribution in [2.45, 2.75) is 32.4 Å². The van der Waals surface area contributed by atoms with Gasteiger partial charge in [-0.3, -0.25) is 0 Å². The lowest BCUT2D eigenvalue weighted by Gasteiger charge is -2.22. The average molecular weight is 314 g/mol. The lowest BCUT2D eigenvalue weighted by molar-refractivity contribution is 0.491. The van der Waals surface area contributed by atoms with Crippen molar-refractivity contribution in [1.29, 1.82) is 0 Å². The molecule has 1 aliphatic rings. The fraction of sp³-hybridized carbons (Fsp3) is 0.400. The summed E-state index contributed by atoms with van der Waals surface area (Å²) in [6, 6.07) is 4.22. The maximum atomic E-state index is 4.80. The average Bonchev–Trinajstić information content (AvgIpc) is 3.27. The van der Waals surface area contributed by atoms with Gasteiger partial charge in [0.15, 0.2) is 11.6 Å². The summed E-state index contributed by atoms with van der Waals surface area (Å²) >= 11 is 1.74. The second kappa shape index (κ2) is 5.66. The van der Waals surface area contributed by atoms with Gasteiger partial charge in [-0.15, -0.1) is 11.3 Å². The van der Waals surface area contributed by atoms with Gasteiger partial charge < -0.3 is 10.3 Å². The molecule has 0 saturated heterocycles. The first kappa shape index (κ1) is 13.7. The minimum Gasteiger partial charge on any atom is -0.348 e. The quantitative estimate of drug-likeness (QED) is 0.771. The van der Waals surface area contributed by atoms with Crippen molar-refractivity contribution in [2.24, 2.45) is 0 Å². The molecule has 3 aromatic heterocycles. The Hall–Kier alpha value is -1.99. The van der Waals surface area contributed by atoms with Gasteiger partial charge in [0.25, 0.3) is 0 Å². The van der Waals surface area contributed by atoms with Crippen LogP contribution in [0.15, 0.2) is 23.8 Å². The Bertz CT molecular complexity index is 757. The number of fused-ring (bicyclic) bond motifs is 1. The molecule has 7 heteroatoms. The summed E-state index contributed by atoms with van der Waals surface area (Å²) in [6.45, 7) is 3.84. The number of aromatic nitrogens is 5. The van der Waals surface area contributed by atoms with Crippen molar-refractivity contribution in [1.82, 2.24) is 30.0 Å². The van der Waals surface area contributed by atoms with Gasteiger partial charge in [0.2, 0.25) is 0 Å². The molecule has 114 valence electrons. The maximum Gasteiger partial charge on any atom is 0.156 e. The van der Waals surface area contributed by atoms with Crippen LogP contribution in [0.2, 0.25) is 0 Å². The Balaban J connectivity index is 1.69. The van der Waals surface area contributed by atoms with E-state index >= 15 is 0 Å². The molecule has 1 aliphatic heterocycles. The zero-order valence-corrected chi connectivity index (χ0v) is 13.2. The molecule has 0 amide bonds. The van der Waals surface area contributed by atoms with E-state index in [1.807, 2.05) is 4.68 Å². The predicted octanol–water partition coefficient (Wildman–Crippen LogP) is 1.91. The van der Waals surface area contributed by atoms with Gasteiger partial charge in [-0.05, 0) is 18.4 Å². The summed E-state index contributed by atoms with van der Waals surface area (Å²) in [7, 11) is 0. The first-order valence-electron chi connectivity index (χ1n) is 7.56. The first-order valence-corrected chi connectivity index (χ1v) is 8.44. The summed E-state index contributed by atoms with van der Waals surface area (Å²) in [6.07, 6.45) is 3.54. The molecule has 0 bridgehead atoms. The number of aryl methyl sites for hydroxylation is 1. The normalized spacial score (nSPS) is 17.6. The Morgan fingerprint density at radius 1 is 1.45 bits per heavy atom. The number of hydrogen-bond acceptors (Lipinski definition) is 5. The van der Waals surface area contributed by atoms with Gasteiger partial charge in [-0.2, -0.15) is 5.10 Å². The third-order valence-electron chi connectivity index (χ3n) is 3.96. The molecule has 2 N–H and O–H groups in total. The number of nitrogens with one attached hydrogen (secondary N) is 2. The van der Waals surface area contributed by atoms with Gasteiger partial charge in [0, 0.05) is 36.5 Å². The Morgan fingerprint density at radius 3 is 3.23 bits per heavy atom. The molecular weight excluding hydrogens is 296 g/mol. The first-order chi connectivity index (χ1) is 10.8. The molecule has 0 aliphatic carbocycles. The summed E-state index contributed by atoms with van der Waals surface area (Å²) in [5.41, 5.74) is 2.25. The number of aromatic amines is 1. The van der Waals surface area contributed by atoms with Crippen molar-refractivity contribution in [3.8, 4) is 0 Å². The van der Waals surface area contributed by atoms with Crippen LogP contribution in [0, 0.1) is 0 Å². The van der Waals surface area contributed by atoms with Crippen molar-refractivity contribution >= 4 is 11.3 Å². The second-order valence-electron chi connectivity index (χ2n) is 5.36. The van der Waals surface area contributed by atoms with Crippen LogP contribution < -0.4 is 5.32 Å². The van der Waals surface area contributed by atoms with E-state index in [4.69, 9.17) is 4.98 Å². The molecule has 3 aromatic rings. The lowest BCUT2D eigenvalue weighted by Crippen LogP contribution is -2.32. The van der Waals surface area contributed by atoms with Gasteiger partial charge >= 0.3 is 0 Å². The summed E-state index contributed by atoms with van der Waals surface area (Å²) in [5, 5.41) is 10.3. The van der Waals surface area contributed by atoms with Crippen molar-refractivity contribution in [3.05, 3.63) is 51.8 Å². The highest BCUT2D eigenvalue weighted by Crippen LogP contribution is 2.25. The van der Waals surface area contributed by atoms with E-state index in [2.05, 4.69) is 44.8 Å². The highest BCUT2D eigenvalue weighted by atomic mass is 32.1. The van der Waals surface area contributed by atoms with Crippen molar-refractivity contribution in [3.63, 3.8) is 0 Å². The van der Waals surface area contributed by atoms with E-state index in [-0.39, 0.29) is 6.04 Å². The van der Waals surface area contributed by atoms with Crippen LogP contribution in [-0.4, -0.2) is 31.3 Å². The summed E-state index contributed by atoms with van der Waals surface area (Å²) < 4.78 is 1.99. The molecule has 0 fully saturated rings. The van der Waals surface area contributed by atoms with E-state index < -0.39 is 0 Å². The second-order valence-corrected chi connectivity index (χ2v) is 6.39. The molecule has 0 radical (unpaired) electrons. The summed E-state index contributed by atoms with van der Waals surface area (Å²) in [4.78, 5) is 13.8. The number of rotatable bonds is 4. The van der Waals surface area contributed by atoms with Crippen molar-refractivity contribution in [2.75, 3.05) is 6.54 Å². The third-order valence-corrected chi connectivity index (χ3v) is 4.84. The standard InChI is InChI=1S/C15H18N6S/c1-2-21-15(14-13-11(5-6-16-14)17-9-18-13)19-12(20-21)8-10-4-3-7-22-10/h3-4,7,9,14,16H,2,5-6,8H2,1H3,(H,17,18)/t14-/m1/s1. The van der Waals surface area contributed by atoms with Crippen LogP contribution in [0.5, 0.6) is 0 Å². The fourth-order valence-electron chi connectivity index (χ4n) is 2.93. The number of thiophene rings is 1. The Morgan fingerprint density at radius 2 is 2.41 bits per heavy atom. The zero-order chi connectivity index (χ0) is 14.9. The smallest absolute Gasteiger partial charge is 0.156 e. The van der Waals surface area contributed by atoms with E-state index in [1.54, 1.807) is 17.7 Å². The molecule has 4 rings (SSSR count). The minimum atomic E-state index is 0.0273. The maximum absolute atomic E-state index is 4.80. The van der Waals surface area contributed by atoms with Crippen molar-refractivity contribution < 1.29 is 0 Å². The SMILES string of the molecule is CCn1nc(Cc2cccs2)nc1[C@@H]1NCCc2[nH]cnc21. The number of H-pyrrole nitrogens is 1. The van der Waals surface area contributed by atoms with Crippen LogP contribution in [0.25, 0.3) is 0 Å². The largest absolute Gasteiger partial charge is 0.348 e. The van der Waals surface area contributed by atoms with Crippen LogP contribution in [-0.2, 0) is 19.4 Å². The highest BCUT2D eigenvalue weighted by Gasteiger charge is 2.28.